The van der Waals surface area contributed by atoms with Crippen LogP contribution in [-0.4, -0.2) is 19.5 Å². The molecule has 0 unspecified atom stereocenters. The van der Waals surface area contributed by atoms with E-state index < -0.39 is 5.41 Å². The summed E-state index contributed by atoms with van der Waals surface area (Å²) in [5, 5.41) is 7.84. The minimum atomic E-state index is -0.422. The van der Waals surface area contributed by atoms with Crippen molar-refractivity contribution >= 4 is 54.3 Å². The lowest BCUT2D eigenvalue weighted by molar-refractivity contribution is 0.415. The van der Waals surface area contributed by atoms with Crippen molar-refractivity contribution in [3.8, 4) is 28.7 Å². The quantitative estimate of drug-likeness (QED) is 0.184. The maximum atomic E-state index is 6.96. The van der Waals surface area contributed by atoms with Gasteiger partial charge in [0.25, 0.3) is 0 Å². The summed E-state index contributed by atoms with van der Waals surface area (Å²) >= 11 is 0. The summed E-state index contributed by atoms with van der Waals surface area (Å²) < 4.78 is 9.18. The van der Waals surface area contributed by atoms with Gasteiger partial charge >= 0.3 is 0 Å². The zero-order valence-electron chi connectivity index (χ0n) is 25.9. The van der Waals surface area contributed by atoms with E-state index >= 15 is 0 Å². The Morgan fingerprint density at radius 3 is 2.19 bits per heavy atom. The van der Waals surface area contributed by atoms with Crippen LogP contribution in [0.1, 0.15) is 25.1 Å². The third-order valence-electron chi connectivity index (χ3n) is 9.81. The lowest BCUT2D eigenvalue weighted by Crippen LogP contribution is -2.26. The van der Waals surface area contributed by atoms with Crippen molar-refractivity contribution < 1.29 is 4.74 Å². The second-order valence-corrected chi connectivity index (χ2v) is 12.8. The van der Waals surface area contributed by atoms with Crippen LogP contribution in [0.25, 0.3) is 71.5 Å². The van der Waals surface area contributed by atoms with Crippen LogP contribution < -0.4 is 4.74 Å². The second-order valence-electron chi connectivity index (χ2n) is 12.8. The van der Waals surface area contributed by atoms with Crippen LogP contribution in [0.4, 0.5) is 0 Å². The molecule has 1 aliphatic rings. The van der Waals surface area contributed by atoms with Crippen molar-refractivity contribution in [2.24, 2.45) is 0 Å². The second kappa shape index (κ2) is 9.47. The average Bonchev–Trinajstić information content (AvgIpc) is 3.47. The van der Waals surface area contributed by atoms with Crippen LogP contribution in [0, 0.1) is 0 Å². The van der Waals surface area contributed by atoms with Crippen LogP contribution in [0.5, 0.6) is 11.5 Å². The first-order valence-corrected chi connectivity index (χ1v) is 16.0. The monoisotopic (exact) mass is 604 g/mol. The molecule has 1 aliphatic heterocycles. The van der Waals surface area contributed by atoms with E-state index in [0.29, 0.717) is 5.95 Å². The molecule has 5 heteroatoms. The highest BCUT2D eigenvalue weighted by Gasteiger charge is 2.40. The molecule has 9 aromatic rings. The molecule has 0 spiro atoms. The van der Waals surface area contributed by atoms with Crippen LogP contribution in [0.2, 0.25) is 0 Å². The highest BCUT2D eigenvalue weighted by molar-refractivity contribution is 6.24. The third-order valence-corrected chi connectivity index (χ3v) is 9.81. The zero-order chi connectivity index (χ0) is 31.3. The van der Waals surface area contributed by atoms with E-state index in [1.54, 1.807) is 0 Å². The SMILES string of the molecule is CC1(C)c2ncccc2Oc2c1c1ccccc1c1c3ccccc3n(-c3nc(-c4ccccc4)c4ccc5ccccc5c4n3)c21. The Kier molecular flexibility index (Phi) is 5.28. The van der Waals surface area contributed by atoms with E-state index in [0.717, 1.165) is 82.9 Å². The Morgan fingerprint density at radius 2 is 1.34 bits per heavy atom. The number of ether oxygens (including phenoxy) is 1. The Labute approximate surface area is 270 Å². The number of hydrogen-bond donors (Lipinski definition) is 0. The molecule has 0 N–H and O–H groups in total. The van der Waals surface area contributed by atoms with E-state index in [1.165, 1.54) is 5.39 Å². The van der Waals surface area contributed by atoms with E-state index in [9.17, 15) is 0 Å². The molecule has 3 aromatic heterocycles. The predicted octanol–water partition coefficient (Wildman–Crippen LogP) is 10.5. The van der Waals surface area contributed by atoms with Crippen LogP contribution in [-0.2, 0) is 5.41 Å². The van der Waals surface area contributed by atoms with Crippen molar-refractivity contribution in [2.45, 2.75) is 19.3 Å². The normalized spacial score (nSPS) is 13.7. The molecule has 5 nitrogen and oxygen atoms in total. The first-order valence-electron chi connectivity index (χ1n) is 16.0. The number of para-hydroxylation sites is 1. The Morgan fingerprint density at radius 1 is 0.617 bits per heavy atom. The van der Waals surface area contributed by atoms with Gasteiger partial charge in [0.05, 0.1) is 22.4 Å². The van der Waals surface area contributed by atoms with Crippen LogP contribution in [0.3, 0.4) is 0 Å². The van der Waals surface area contributed by atoms with E-state index in [-0.39, 0.29) is 0 Å². The number of hydrogen-bond acceptors (Lipinski definition) is 4. The summed E-state index contributed by atoms with van der Waals surface area (Å²) in [7, 11) is 0. The molecule has 0 saturated carbocycles. The number of benzene rings is 6. The first-order chi connectivity index (χ1) is 23.1. The number of pyridine rings is 1. The number of fused-ring (bicyclic) bond motifs is 12. The molecule has 0 radical (unpaired) electrons. The highest BCUT2D eigenvalue weighted by Crippen LogP contribution is 2.55. The van der Waals surface area contributed by atoms with Gasteiger partial charge in [-0.15, -0.1) is 0 Å². The lowest BCUT2D eigenvalue weighted by Gasteiger charge is -2.35. The van der Waals surface area contributed by atoms with Crippen LogP contribution >= 0.6 is 0 Å². The zero-order valence-corrected chi connectivity index (χ0v) is 25.9. The van der Waals surface area contributed by atoms with Gasteiger partial charge in [-0.05, 0) is 54.3 Å². The largest absolute Gasteiger partial charge is 0.453 e. The van der Waals surface area contributed by atoms with E-state index in [1.807, 2.05) is 24.4 Å². The van der Waals surface area contributed by atoms with E-state index in [4.69, 9.17) is 19.7 Å². The molecule has 0 atom stereocenters. The van der Waals surface area contributed by atoms with Crippen molar-refractivity contribution in [1.29, 1.82) is 0 Å². The van der Waals surface area contributed by atoms with Gasteiger partial charge in [-0.2, -0.15) is 0 Å². The predicted molar refractivity (Wildman–Crippen MR) is 191 cm³/mol. The van der Waals surface area contributed by atoms with Crippen LogP contribution in [0.15, 0.2) is 134 Å². The molecule has 47 heavy (non-hydrogen) atoms. The van der Waals surface area contributed by atoms with Crippen molar-refractivity contribution in [3.63, 3.8) is 0 Å². The lowest BCUT2D eigenvalue weighted by atomic mass is 9.75. The minimum Gasteiger partial charge on any atom is -0.453 e. The number of nitrogens with zero attached hydrogens (tertiary/aromatic N) is 4. The Hall–Kier alpha value is -6.07. The molecule has 4 heterocycles. The van der Waals surface area contributed by atoms with E-state index in [2.05, 4.69) is 128 Å². The summed E-state index contributed by atoms with van der Waals surface area (Å²) in [5.74, 6) is 2.20. The topological polar surface area (TPSA) is 52.8 Å². The molecule has 0 amide bonds. The summed E-state index contributed by atoms with van der Waals surface area (Å²) in [5.41, 5.74) is 6.47. The Balaban J connectivity index is 1.43. The molecule has 222 valence electrons. The van der Waals surface area contributed by atoms with Gasteiger partial charge in [0.2, 0.25) is 5.95 Å². The fourth-order valence-electron chi connectivity index (χ4n) is 7.75. The molecule has 0 aliphatic carbocycles. The van der Waals surface area contributed by atoms with Gasteiger partial charge in [0.1, 0.15) is 11.3 Å². The third kappa shape index (κ3) is 3.57. The van der Waals surface area contributed by atoms with Gasteiger partial charge in [0.15, 0.2) is 5.75 Å². The Bertz CT molecular complexity index is 2740. The minimum absolute atomic E-state index is 0.422. The molecule has 0 fully saturated rings. The molecular formula is C42H28N4O. The van der Waals surface area contributed by atoms with Gasteiger partial charge in [-0.25, -0.2) is 9.97 Å². The maximum absolute atomic E-state index is 6.96. The average molecular weight is 605 g/mol. The fraction of sp³-hybridized carbons (Fsp3) is 0.0714. The van der Waals surface area contributed by atoms with Gasteiger partial charge < -0.3 is 4.74 Å². The number of rotatable bonds is 2. The number of aromatic nitrogens is 4. The van der Waals surface area contributed by atoms with Crippen molar-refractivity contribution in [1.82, 2.24) is 19.5 Å². The molecular weight excluding hydrogens is 576 g/mol. The van der Waals surface area contributed by atoms with Gasteiger partial charge in [0, 0.05) is 44.3 Å². The standard InChI is InChI=1S/C42H28N4O/c1-42(2)35-29-18-9-8-17-28(29)34-30-19-10-11-20-32(30)46(38(34)39(35)47-33-21-12-24-43-40(33)42)41-44-36(26-14-4-3-5-15-26)31-23-22-25-13-6-7-16-27(25)37(31)45-41/h3-24H,1-2H3. The maximum Gasteiger partial charge on any atom is 0.235 e. The molecule has 0 bridgehead atoms. The molecule has 6 aromatic carbocycles. The molecule has 10 rings (SSSR count). The molecule has 0 saturated heterocycles. The summed E-state index contributed by atoms with van der Waals surface area (Å²) in [6.45, 7) is 4.50. The fourth-order valence-corrected chi connectivity index (χ4v) is 7.75. The van der Waals surface area contributed by atoms with Gasteiger partial charge in [-0.3, -0.25) is 9.55 Å². The van der Waals surface area contributed by atoms with Crippen molar-refractivity contribution in [2.75, 3.05) is 0 Å². The first kappa shape index (κ1) is 26.2. The summed E-state index contributed by atoms with van der Waals surface area (Å²) in [6, 6.07) is 44.4. The van der Waals surface area contributed by atoms with Gasteiger partial charge in [-0.1, -0.05) is 103 Å². The highest BCUT2D eigenvalue weighted by atomic mass is 16.5. The summed E-state index contributed by atoms with van der Waals surface area (Å²) in [6.07, 6.45) is 1.85. The smallest absolute Gasteiger partial charge is 0.235 e. The summed E-state index contributed by atoms with van der Waals surface area (Å²) in [4.78, 5) is 15.7. The van der Waals surface area contributed by atoms with Crippen molar-refractivity contribution in [3.05, 3.63) is 145 Å².